The van der Waals surface area contributed by atoms with Gasteiger partial charge in [-0.05, 0) is 37.3 Å². The Morgan fingerprint density at radius 1 is 1.27 bits per heavy atom. The summed E-state index contributed by atoms with van der Waals surface area (Å²) in [6.45, 7) is 12.6. The van der Waals surface area contributed by atoms with E-state index in [1.54, 1.807) is 0 Å². The maximum atomic E-state index is 6.21. The van der Waals surface area contributed by atoms with E-state index in [4.69, 9.17) is 5.73 Å². The van der Waals surface area contributed by atoms with Crippen LogP contribution in [0.3, 0.4) is 0 Å². The van der Waals surface area contributed by atoms with Crippen LogP contribution < -0.4 is 5.73 Å². The van der Waals surface area contributed by atoms with Gasteiger partial charge >= 0.3 is 0 Å². The van der Waals surface area contributed by atoms with Crippen molar-refractivity contribution in [2.45, 2.75) is 53.0 Å². The summed E-state index contributed by atoms with van der Waals surface area (Å²) in [5, 5.41) is 0. The summed E-state index contributed by atoms with van der Waals surface area (Å²) in [7, 11) is 0. The van der Waals surface area contributed by atoms with E-state index >= 15 is 0 Å². The fourth-order valence-electron chi connectivity index (χ4n) is 2.13. The molecule has 2 heteroatoms. The average molecular weight is 212 g/mol. The second-order valence-electron chi connectivity index (χ2n) is 6.12. The van der Waals surface area contributed by atoms with Crippen molar-refractivity contribution in [1.82, 2.24) is 4.90 Å². The highest BCUT2D eigenvalue weighted by Gasteiger charge is 2.25. The summed E-state index contributed by atoms with van der Waals surface area (Å²) in [6, 6.07) is 0.302. The topological polar surface area (TPSA) is 29.3 Å². The molecular weight excluding hydrogens is 184 g/mol. The SMILES string of the molecule is CCC1CCN(CC(N)C(C)(C)C)CC1. The number of piperidine rings is 1. The molecule has 1 unspecified atom stereocenters. The number of rotatable bonds is 3. The monoisotopic (exact) mass is 212 g/mol. The lowest BCUT2D eigenvalue weighted by Crippen LogP contribution is -2.47. The highest BCUT2D eigenvalue weighted by molar-refractivity contribution is 4.82. The predicted molar refractivity (Wildman–Crippen MR) is 66.9 cm³/mol. The standard InChI is InChI=1S/C13H28N2/c1-5-11-6-8-15(9-7-11)10-12(14)13(2,3)4/h11-12H,5-10,14H2,1-4H3. The van der Waals surface area contributed by atoms with Crippen LogP contribution in [0.15, 0.2) is 0 Å². The molecule has 1 atom stereocenters. The molecule has 1 fully saturated rings. The van der Waals surface area contributed by atoms with Gasteiger partial charge < -0.3 is 10.6 Å². The first kappa shape index (κ1) is 13.0. The Hall–Kier alpha value is -0.0800. The summed E-state index contributed by atoms with van der Waals surface area (Å²) in [5.41, 5.74) is 6.44. The quantitative estimate of drug-likeness (QED) is 0.779. The first-order chi connectivity index (χ1) is 6.93. The third kappa shape index (κ3) is 4.12. The van der Waals surface area contributed by atoms with Crippen LogP contribution in [0.4, 0.5) is 0 Å². The molecule has 2 nitrogen and oxygen atoms in total. The van der Waals surface area contributed by atoms with E-state index in [1.807, 2.05) is 0 Å². The molecule has 0 aromatic heterocycles. The van der Waals surface area contributed by atoms with Crippen LogP contribution in [0.5, 0.6) is 0 Å². The average Bonchev–Trinajstić information content (AvgIpc) is 2.17. The Morgan fingerprint density at radius 3 is 2.20 bits per heavy atom. The Balaban J connectivity index is 2.29. The molecule has 0 saturated carbocycles. The van der Waals surface area contributed by atoms with E-state index in [9.17, 15) is 0 Å². The summed E-state index contributed by atoms with van der Waals surface area (Å²) >= 11 is 0. The zero-order chi connectivity index (χ0) is 11.5. The maximum absolute atomic E-state index is 6.21. The third-order valence-corrected chi connectivity index (χ3v) is 3.85. The minimum atomic E-state index is 0.238. The van der Waals surface area contributed by atoms with Crippen molar-refractivity contribution in [3.05, 3.63) is 0 Å². The minimum absolute atomic E-state index is 0.238. The van der Waals surface area contributed by atoms with Crippen molar-refractivity contribution in [2.75, 3.05) is 19.6 Å². The highest BCUT2D eigenvalue weighted by Crippen LogP contribution is 2.23. The Morgan fingerprint density at radius 2 is 1.80 bits per heavy atom. The molecule has 0 amide bonds. The molecule has 1 heterocycles. The molecule has 1 saturated heterocycles. The van der Waals surface area contributed by atoms with E-state index < -0.39 is 0 Å². The van der Waals surface area contributed by atoms with Gasteiger partial charge in [-0.2, -0.15) is 0 Å². The van der Waals surface area contributed by atoms with Gasteiger partial charge in [0.2, 0.25) is 0 Å². The Bertz CT molecular complexity index is 175. The molecule has 0 aromatic carbocycles. The smallest absolute Gasteiger partial charge is 0.0217 e. The van der Waals surface area contributed by atoms with Crippen LogP contribution in [-0.2, 0) is 0 Å². The Kier molecular flexibility index (Phi) is 4.60. The van der Waals surface area contributed by atoms with E-state index in [-0.39, 0.29) is 5.41 Å². The van der Waals surface area contributed by atoms with Gasteiger partial charge in [-0.25, -0.2) is 0 Å². The van der Waals surface area contributed by atoms with Crippen LogP contribution in [0.25, 0.3) is 0 Å². The second-order valence-corrected chi connectivity index (χ2v) is 6.12. The van der Waals surface area contributed by atoms with Crippen LogP contribution in [0.2, 0.25) is 0 Å². The van der Waals surface area contributed by atoms with Crippen molar-refractivity contribution in [1.29, 1.82) is 0 Å². The van der Waals surface area contributed by atoms with Crippen LogP contribution in [0, 0.1) is 11.3 Å². The fourth-order valence-corrected chi connectivity index (χ4v) is 2.13. The normalized spacial score (nSPS) is 23.0. The van der Waals surface area contributed by atoms with Crippen molar-refractivity contribution in [3.63, 3.8) is 0 Å². The minimum Gasteiger partial charge on any atom is -0.326 e. The highest BCUT2D eigenvalue weighted by atomic mass is 15.1. The van der Waals surface area contributed by atoms with Crippen LogP contribution in [0.1, 0.15) is 47.0 Å². The second kappa shape index (κ2) is 5.31. The van der Waals surface area contributed by atoms with Gasteiger partial charge in [-0.1, -0.05) is 34.1 Å². The summed E-state index contributed by atoms with van der Waals surface area (Å²) in [5.74, 6) is 0.965. The van der Waals surface area contributed by atoms with Crippen molar-refractivity contribution < 1.29 is 0 Å². The summed E-state index contributed by atoms with van der Waals surface area (Å²) in [4.78, 5) is 2.54. The number of nitrogens with zero attached hydrogens (tertiary/aromatic N) is 1. The molecule has 0 aromatic rings. The lowest BCUT2D eigenvalue weighted by molar-refractivity contribution is 0.146. The summed E-state index contributed by atoms with van der Waals surface area (Å²) in [6.07, 6.45) is 4.08. The zero-order valence-corrected chi connectivity index (χ0v) is 10.9. The number of hydrogen-bond acceptors (Lipinski definition) is 2. The third-order valence-electron chi connectivity index (χ3n) is 3.85. The van der Waals surface area contributed by atoms with E-state index in [2.05, 4.69) is 32.6 Å². The lowest BCUT2D eigenvalue weighted by Gasteiger charge is -2.36. The molecule has 1 rings (SSSR count). The molecule has 0 spiro atoms. The Labute approximate surface area is 95.2 Å². The maximum Gasteiger partial charge on any atom is 0.0217 e. The van der Waals surface area contributed by atoms with Crippen molar-refractivity contribution in [3.8, 4) is 0 Å². The number of likely N-dealkylation sites (tertiary alicyclic amines) is 1. The largest absolute Gasteiger partial charge is 0.326 e. The van der Waals surface area contributed by atoms with Crippen LogP contribution in [-0.4, -0.2) is 30.6 Å². The molecule has 0 bridgehead atoms. The molecule has 1 aliphatic heterocycles. The van der Waals surface area contributed by atoms with Gasteiger partial charge in [-0.3, -0.25) is 0 Å². The van der Waals surface area contributed by atoms with Gasteiger partial charge in [0.1, 0.15) is 0 Å². The molecule has 90 valence electrons. The van der Waals surface area contributed by atoms with E-state index in [0.29, 0.717) is 6.04 Å². The first-order valence-corrected chi connectivity index (χ1v) is 6.41. The molecule has 1 aliphatic rings. The molecular formula is C13H28N2. The van der Waals surface area contributed by atoms with Crippen LogP contribution >= 0.6 is 0 Å². The number of hydrogen-bond donors (Lipinski definition) is 1. The van der Waals surface area contributed by atoms with Gasteiger partial charge in [0.15, 0.2) is 0 Å². The van der Waals surface area contributed by atoms with Gasteiger partial charge in [0.25, 0.3) is 0 Å². The van der Waals surface area contributed by atoms with Gasteiger partial charge in [0.05, 0.1) is 0 Å². The van der Waals surface area contributed by atoms with Crippen molar-refractivity contribution in [2.24, 2.45) is 17.1 Å². The fraction of sp³-hybridized carbons (Fsp3) is 1.00. The van der Waals surface area contributed by atoms with Gasteiger partial charge in [0, 0.05) is 12.6 Å². The number of nitrogens with two attached hydrogens (primary N) is 1. The molecule has 0 radical (unpaired) electrons. The predicted octanol–water partition coefficient (Wildman–Crippen LogP) is 2.48. The lowest BCUT2D eigenvalue weighted by atomic mass is 9.86. The summed E-state index contributed by atoms with van der Waals surface area (Å²) < 4.78 is 0. The van der Waals surface area contributed by atoms with Gasteiger partial charge in [-0.15, -0.1) is 0 Å². The molecule has 15 heavy (non-hydrogen) atoms. The van der Waals surface area contributed by atoms with E-state index in [1.165, 1.54) is 32.4 Å². The van der Waals surface area contributed by atoms with Crippen molar-refractivity contribution >= 4 is 0 Å². The van der Waals surface area contributed by atoms with E-state index in [0.717, 1.165) is 12.5 Å². The zero-order valence-electron chi connectivity index (χ0n) is 10.9. The first-order valence-electron chi connectivity index (χ1n) is 6.41. The molecule has 0 aliphatic carbocycles. The molecule has 2 N–H and O–H groups in total.